The van der Waals surface area contributed by atoms with Gasteiger partial charge in [-0.25, -0.2) is 0 Å². The third kappa shape index (κ3) is 3.94. The summed E-state index contributed by atoms with van der Waals surface area (Å²) in [4.78, 5) is 2.50. The molecule has 1 rings (SSSR count). The third-order valence-electron chi connectivity index (χ3n) is 2.17. The van der Waals surface area contributed by atoms with Crippen LogP contribution in [0.2, 0.25) is 0 Å². The molecule has 0 spiro atoms. The first kappa shape index (κ1) is 11.2. The lowest BCUT2D eigenvalue weighted by atomic mass is 10.1. The third-order valence-corrected chi connectivity index (χ3v) is 2.17. The largest absolute Gasteiger partial charge is 0.328 e. The molecule has 0 saturated carbocycles. The second-order valence-electron chi connectivity index (χ2n) is 3.18. The predicted molar refractivity (Wildman–Crippen MR) is 51.2 cm³/mol. The topological polar surface area (TPSA) is 29.3 Å². The highest BCUT2D eigenvalue weighted by Gasteiger charge is 2.13. The molecule has 0 aromatic carbocycles. The summed E-state index contributed by atoms with van der Waals surface area (Å²) in [6, 6.07) is 0.480. The van der Waals surface area contributed by atoms with Gasteiger partial charge in [0.25, 0.3) is 0 Å². The van der Waals surface area contributed by atoms with Crippen LogP contribution >= 0.6 is 12.4 Å². The van der Waals surface area contributed by atoms with Gasteiger partial charge in [-0.1, -0.05) is 6.92 Å². The van der Waals surface area contributed by atoms with Crippen LogP contribution in [0.3, 0.4) is 0 Å². The van der Waals surface area contributed by atoms with Gasteiger partial charge in [-0.05, 0) is 38.9 Å². The van der Waals surface area contributed by atoms with E-state index in [0.29, 0.717) is 6.04 Å². The van der Waals surface area contributed by atoms with E-state index in [-0.39, 0.29) is 12.4 Å². The summed E-state index contributed by atoms with van der Waals surface area (Å²) in [5, 5.41) is 0. The van der Waals surface area contributed by atoms with E-state index >= 15 is 0 Å². The Labute approximate surface area is 75.5 Å². The number of piperidine rings is 1. The van der Waals surface area contributed by atoms with Crippen LogP contribution in [0, 0.1) is 0 Å². The zero-order valence-electron chi connectivity index (χ0n) is 7.25. The number of halogens is 1. The molecule has 2 nitrogen and oxygen atoms in total. The summed E-state index contributed by atoms with van der Waals surface area (Å²) >= 11 is 0. The second kappa shape index (κ2) is 5.81. The van der Waals surface area contributed by atoms with Gasteiger partial charge in [0.15, 0.2) is 0 Å². The smallest absolute Gasteiger partial charge is 0.00631 e. The molecule has 1 aliphatic rings. The molecule has 1 heterocycles. The molecule has 68 valence electrons. The van der Waals surface area contributed by atoms with Crippen molar-refractivity contribution in [2.24, 2.45) is 5.73 Å². The summed E-state index contributed by atoms with van der Waals surface area (Å²) in [6.07, 6.45) is 3.66. The van der Waals surface area contributed by atoms with Gasteiger partial charge in [-0.2, -0.15) is 0 Å². The summed E-state index contributed by atoms with van der Waals surface area (Å²) in [5.74, 6) is 0. The fourth-order valence-corrected chi connectivity index (χ4v) is 1.49. The van der Waals surface area contributed by atoms with E-state index < -0.39 is 0 Å². The number of nitrogens with zero attached hydrogens (tertiary/aromatic N) is 1. The zero-order chi connectivity index (χ0) is 7.40. The van der Waals surface area contributed by atoms with Crippen molar-refractivity contribution in [3.8, 4) is 0 Å². The van der Waals surface area contributed by atoms with Crippen LogP contribution in [-0.4, -0.2) is 30.6 Å². The van der Waals surface area contributed by atoms with Gasteiger partial charge in [-0.3, -0.25) is 0 Å². The van der Waals surface area contributed by atoms with E-state index in [1.54, 1.807) is 0 Å². The van der Waals surface area contributed by atoms with Gasteiger partial charge in [-0.15, -0.1) is 12.4 Å². The second-order valence-corrected chi connectivity index (χ2v) is 3.18. The molecule has 1 aliphatic heterocycles. The van der Waals surface area contributed by atoms with Crippen LogP contribution in [-0.2, 0) is 0 Å². The fourth-order valence-electron chi connectivity index (χ4n) is 1.49. The molecule has 0 aromatic heterocycles. The molecule has 1 saturated heterocycles. The lowest BCUT2D eigenvalue weighted by molar-refractivity contribution is 0.214. The normalized spacial score (nSPS) is 21.3. The van der Waals surface area contributed by atoms with Crippen LogP contribution in [0.1, 0.15) is 26.2 Å². The molecule has 0 aliphatic carbocycles. The van der Waals surface area contributed by atoms with Crippen molar-refractivity contribution < 1.29 is 0 Å². The number of likely N-dealkylation sites (tertiary alicyclic amines) is 1. The Bertz CT molecular complexity index is 90.1. The highest BCUT2D eigenvalue weighted by Crippen LogP contribution is 2.07. The first-order chi connectivity index (χ1) is 4.83. The van der Waals surface area contributed by atoms with Gasteiger partial charge < -0.3 is 10.6 Å². The fraction of sp³-hybridized carbons (Fsp3) is 1.00. The van der Waals surface area contributed by atoms with Gasteiger partial charge in [0.05, 0.1) is 0 Å². The Hall–Kier alpha value is 0.210. The summed E-state index contributed by atoms with van der Waals surface area (Å²) < 4.78 is 0. The van der Waals surface area contributed by atoms with Crippen molar-refractivity contribution >= 4 is 12.4 Å². The highest BCUT2D eigenvalue weighted by atomic mass is 35.5. The predicted octanol–water partition coefficient (Wildman–Crippen LogP) is 1.24. The average Bonchev–Trinajstić information content (AvgIpc) is 1.95. The van der Waals surface area contributed by atoms with Crippen molar-refractivity contribution in [1.29, 1.82) is 0 Å². The average molecular weight is 179 g/mol. The number of nitrogens with two attached hydrogens (primary N) is 1. The summed E-state index contributed by atoms with van der Waals surface area (Å²) in [7, 11) is 0. The molecule has 0 bridgehead atoms. The van der Waals surface area contributed by atoms with Crippen LogP contribution in [0.5, 0.6) is 0 Å². The minimum Gasteiger partial charge on any atom is -0.328 e. The minimum absolute atomic E-state index is 0. The Kier molecular flexibility index (Phi) is 5.92. The molecule has 3 heteroatoms. The van der Waals surface area contributed by atoms with Gasteiger partial charge >= 0.3 is 0 Å². The van der Waals surface area contributed by atoms with E-state index in [0.717, 1.165) is 0 Å². The van der Waals surface area contributed by atoms with Crippen molar-refractivity contribution in [2.45, 2.75) is 32.2 Å². The Morgan fingerprint density at radius 3 is 2.36 bits per heavy atom. The lowest BCUT2D eigenvalue weighted by Gasteiger charge is -2.29. The first-order valence-corrected chi connectivity index (χ1v) is 4.31. The van der Waals surface area contributed by atoms with Gasteiger partial charge in [0.1, 0.15) is 0 Å². The first-order valence-electron chi connectivity index (χ1n) is 4.31. The standard InChI is InChI=1S/C8H18N2.ClH/c1-2-5-10-6-3-8(9)4-7-10;/h8H,2-7,9H2,1H3;1H. The number of hydrogen-bond donors (Lipinski definition) is 1. The van der Waals surface area contributed by atoms with Crippen LogP contribution < -0.4 is 5.73 Å². The van der Waals surface area contributed by atoms with Crippen molar-refractivity contribution in [3.05, 3.63) is 0 Å². The molecule has 0 unspecified atom stereocenters. The minimum atomic E-state index is 0. The number of rotatable bonds is 2. The van der Waals surface area contributed by atoms with E-state index in [9.17, 15) is 0 Å². The SMILES string of the molecule is CCCN1CCC(N)CC1.Cl. The van der Waals surface area contributed by atoms with E-state index in [2.05, 4.69) is 11.8 Å². The molecular formula is C8H19ClN2. The van der Waals surface area contributed by atoms with Gasteiger partial charge in [0, 0.05) is 6.04 Å². The maximum Gasteiger partial charge on any atom is 0.00631 e. The van der Waals surface area contributed by atoms with Crippen molar-refractivity contribution in [1.82, 2.24) is 4.90 Å². The van der Waals surface area contributed by atoms with Crippen LogP contribution in [0.4, 0.5) is 0 Å². The molecule has 0 radical (unpaired) electrons. The molecule has 1 fully saturated rings. The van der Waals surface area contributed by atoms with Crippen LogP contribution in [0.15, 0.2) is 0 Å². The van der Waals surface area contributed by atoms with Crippen molar-refractivity contribution in [2.75, 3.05) is 19.6 Å². The summed E-state index contributed by atoms with van der Waals surface area (Å²) in [5.41, 5.74) is 5.77. The molecule has 11 heavy (non-hydrogen) atoms. The monoisotopic (exact) mass is 178 g/mol. The lowest BCUT2D eigenvalue weighted by Crippen LogP contribution is -2.39. The number of hydrogen-bond acceptors (Lipinski definition) is 2. The molecule has 0 amide bonds. The molecule has 2 N–H and O–H groups in total. The summed E-state index contributed by atoms with van der Waals surface area (Å²) in [6.45, 7) is 5.92. The van der Waals surface area contributed by atoms with E-state index in [1.807, 2.05) is 0 Å². The molecular weight excluding hydrogens is 160 g/mol. The Balaban J connectivity index is 0.000001000. The molecule has 0 atom stereocenters. The quantitative estimate of drug-likeness (QED) is 0.690. The van der Waals surface area contributed by atoms with Gasteiger partial charge in [0.2, 0.25) is 0 Å². The van der Waals surface area contributed by atoms with E-state index in [4.69, 9.17) is 5.73 Å². The molecule has 0 aromatic rings. The highest BCUT2D eigenvalue weighted by molar-refractivity contribution is 5.85. The van der Waals surface area contributed by atoms with Crippen molar-refractivity contribution in [3.63, 3.8) is 0 Å². The Morgan fingerprint density at radius 2 is 1.91 bits per heavy atom. The Morgan fingerprint density at radius 1 is 1.36 bits per heavy atom. The maximum absolute atomic E-state index is 5.77. The maximum atomic E-state index is 5.77. The van der Waals surface area contributed by atoms with Crippen LogP contribution in [0.25, 0.3) is 0 Å². The van der Waals surface area contributed by atoms with E-state index in [1.165, 1.54) is 38.9 Å². The zero-order valence-corrected chi connectivity index (χ0v) is 8.07.